The number of rotatable bonds is 2. The van der Waals surface area contributed by atoms with Crippen LogP contribution in [-0.4, -0.2) is 11.8 Å². The van der Waals surface area contributed by atoms with Crippen LogP contribution in [0.15, 0.2) is 65.7 Å². The highest BCUT2D eigenvalue weighted by molar-refractivity contribution is 6.13. The molecule has 22 heavy (non-hydrogen) atoms. The molecule has 0 aliphatic heterocycles. The summed E-state index contributed by atoms with van der Waals surface area (Å²) in [4.78, 5) is 4.96. The van der Waals surface area contributed by atoms with E-state index in [9.17, 15) is 0 Å². The van der Waals surface area contributed by atoms with Crippen LogP contribution in [0, 0.1) is 11.8 Å². The van der Waals surface area contributed by atoms with E-state index in [1.54, 1.807) is 0 Å². The number of hydrogen-bond donors (Lipinski definition) is 0. The molecule has 0 unspecified atom stereocenters. The minimum absolute atomic E-state index is 0.439. The van der Waals surface area contributed by atoms with Crippen LogP contribution >= 0.6 is 0 Å². The molecule has 0 N–H and O–H groups in total. The van der Waals surface area contributed by atoms with Gasteiger partial charge >= 0.3 is 0 Å². The van der Waals surface area contributed by atoms with Gasteiger partial charge in [-0.15, -0.1) is 0 Å². The third kappa shape index (κ3) is 4.09. The standard InChI is InChI=1S/C21H21N/c1-4-10-18(11-5-1)16-17-21(19-12-6-2-7-13-19)22-20-14-8-3-9-15-20/h1-2,4-7,10-13,20H,3,8-9,14-15H2. The summed E-state index contributed by atoms with van der Waals surface area (Å²) >= 11 is 0. The van der Waals surface area contributed by atoms with Crippen molar-refractivity contribution in [1.82, 2.24) is 0 Å². The Kier molecular flexibility index (Phi) is 5.05. The SMILES string of the molecule is C(#Cc1ccccc1)C(=NC1CCCCC1)c1ccccc1. The molecule has 1 saturated carbocycles. The Bertz CT molecular complexity index is 668. The maximum atomic E-state index is 4.96. The van der Waals surface area contributed by atoms with E-state index in [1.807, 2.05) is 36.4 Å². The topological polar surface area (TPSA) is 12.4 Å². The summed E-state index contributed by atoms with van der Waals surface area (Å²) in [6, 6.07) is 20.9. The first-order valence-electron chi connectivity index (χ1n) is 8.12. The van der Waals surface area contributed by atoms with Crippen molar-refractivity contribution in [2.45, 2.75) is 38.1 Å². The smallest absolute Gasteiger partial charge is 0.115 e. The van der Waals surface area contributed by atoms with E-state index in [2.05, 4.69) is 36.1 Å². The molecule has 110 valence electrons. The second-order valence-electron chi connectivity index (χ2n) is 5.75. The van der Waals surface area contributed by atoms with Gasteiger partial charge in [0.05, 0.1) is 6.04 Å². The van der Waals surface area contributed by atoms with E-state index >= 15 is 0 Å². The first kappa shape index (κ1) is 14.6. The lowest BCUT2D eigenvalue weighted by atomic mass is 9.95. The van der Waals surface area contributed by atoms with Gasteiger partial charge in [-0.2, -0.15) is 0 Å². The predicted molar refractivity (Wildman–Crippen MR) is 93.2 cm³/mol. The van der Waals surface area contributed by atoms with Crippen LogP contribution < -0.4 is 0 Å². The molecule has 2 aromatic carbocycles. The lowest BCUT2D eigenvalue weighted by Crippen LogP contribution is -2.13. The van der Waals surface area contributed by atoms with Gasteiger partial charge in [0.15, 0.2) is 0 Å². The van der Waals surface area contributed by atoms with E-state index in [0.717, 1.165) is 16.8 Å². The molecular formula is C21H21N. The van der Waals surface area contributed by atoms with E-state index < -0.39 is 0 Å². The maximum absolute atomic E-state index is 4.96. The molecule has 0 heterocycles. The molecule has 3 rings (SSSR count). The molecule has 1 fully saturated rings. The van der Waals surface area contributed by atoms with Crippen molar-refractivity contribution in [3.63, 3.8) is 0 Å². The van der Waals surface area contributed by atoms with Crippen LogP contribution in [0.4, 0.5) is 0 Å². The van der Waals surface area contributed by atoms with Gasteiger partial charge in [-0.05, 0) is 30.9 Å². The first-order chi connectivity index (χ1) is 10.9. The molecule has 0 saturated heterocycles. The van der Waals surface area contributed by atoms with E-state index in [0.29, 0.717) is 6.04 Å². The van der Waals surface area contributed by atoms with E-state index in [4.69, 9.17) is 4.99 Å². The van der Waals surface area contributed by atoms with Crippen molar-refractivity contribution < 1.29 is 0 Å². The number of hydrogen-bond acceptors (Lipinski definition) is 1. The van der Waals surface area contributed by atoms with Gasteiger partial charge in [0.25, 0.3) is 0 Å². The summed E-state index contributed by atoms with van der Waals surface area (Å²) in [5.41, 5.74) is 3.09. The van der Waals surface area contributed by atoms with Gasteiger partial charge in [0.1, 0.15) is 5.71 Å². The quantitative estimate of drug-likeness (QED) is 0.552. The highest BCUT2D eigenvalue weighted by atomic mass is 14.8. The monoisotopic (exact) mass is 287 g/mol. The van der Waals surface area contributed by atoms with E-state index in [1.165, 1.54) is 32.1 Å². The number of nitrogens with zero attached hydrogens (tertiary/aromatic N) is 1. The average molecular weight is 287 g/mol. The molecule has 1 aliphatic rings. The summed E-state index contributed by atoms with van der Waals surface area (Å²) in [7, 11) is 0. The molecule has 1 heteroatoms. The zero-order valence-corrected chi connectivity index (χ0v) is 12.8. The Balaban J connectivity index is 1.90. The van der Waals surface area contributed by atoms with E-state index in [-0.39, 0.29) is 0 Å². The van der Waals surface area contributed by atoms with Crippen molar-refractivity contribution in [3.8, 4) is 11.8 Å². The lowest BCUT2D eigenvalue weighted by molar-refractivity contribution is 0.444. The largest absolute Gasteiger partial charge is 0.272 e. The van der Waals surface area contributed by atoms with Crippen LogP contribution in [0.2, 0.25) is 0 Å². The zero-order chi connectivity index (χ0) is 15.0. The van der Waals surface area contributed by atoms with Gasteiger partial charge in [-0.25, -0.2) is 0 Å². The van der Waals surface area contributed by atoms with Gasteiger partial charge in [-0.3, -0.25) is 4.99 Å². The molecule has 0 aromatic heterocycles. The molecule has 0 radical (unpaired) electrons. The Morgan fingerprint density at radius 3 is 2.14 bits per heavy atom. The second-order valence-corrected chi connectivity index (χ2v) is 5.75. The van der Waals surface area contributed by atoms with Crippen molar-refractivity contribution in [3.05, 3.63) is 71.8 Å². The van der Waals surface area contributed by atoms with Gasteiger partial charge in [-0.1, -0.05) is 73.7 Å². The Hall–Kier alpha value is -2.33. The number of benzene rings is 2. The Labute approximate surface area is 133 Å². The van der Waals surface area contributed by atoms with Crippen molar-refractivity contribution in [1.29, 1.82) is 0 Å². The molecule has 0 bridgehead atoms. The normalized spacial score (nSPS) is 15.9. The van der Waals surface area contributed by atoms with Crippen molar-refractivity contribution in [2.75, 3.05) is 0 Å². The van der Waals surface area contributed by atoms with Crippen LogP contribution in [-0.2, 0) is 0 Å². The third-order valence-corrected chi connectivity index (χ3v) is 4.03. The van der Waals surface area contributed by atoms with Gasteiger partial charge in [0, 0.05) is 11.1 Å². The summed E-state index contributed by atoms with van der Waals surface area (Å²) in [5.74, 6) is 6.55. The third-order valence-electron chi connectivity index (χ3n) is 4.03. The van der Waals surface area contributed by atoms with Gasteiger partial charge < -0.3 is 0 Å². The van der Waals surface area contributed by atoms with Crippen LogP contribution in [0.1, 0.15) is 43.2 Å². The second kappa shape index (κ2) is 7.61. The van der Waals surface area contributed by atoms with Crippen LogP contribution in [0.3, 0.4) is 0 Å². The molecule has 0 spiro atoms. The highest BCUT2D eigenvalue weighted by Gasteiger charge is 2.13. The summed E-state index contributed by atoms with van der Waals surface area (Å²) in [6.07, 6.45) is 6.33. The fourth-order valence-electron chi connectivity index (χ4n) is 2.82. The minimum atomic E-state index is 0.439. The molecule has 0 amide bonds. The molecule has 1 aliphatic carbocycles. The number of aliphatic imine (C=N–C) groups is 1. The Morgan fingerprint density at radius 1 is 0.818 bits per heavy atom. The minimum Gasteiger partial charge on any atom is -0.272 e. The lowest BCUT2D eigenvalue weighted by Gasteiger charge is -2.18. The molecular weight excluding hydrogens is 266 g/mol. The predicted octanol–water partition coefficient (Wildman–Crippen LogP) is 4.86. The molecule has 1 nitrogen and oxygen atoms in total. The van der Waals surface area contributed by atoms with Gasteiger partial charge in [0.2, 0.25) is 0 Å². The average Bonchev–Trinajstić information content (AvgIpc) is 2.61. The highest BCUT2D eigenvalue weighted by Crippen LogP contribution is 2.21. The van der Waals surface area contributed by atoms with Crippen LogP contribution in [0.25, 0.3) is 0 Å². The first-order valence-corrected chi connectivity index (χ1v) is 8.12. The molecule has 2 aromatic rings. The fourth-order valence-corrected chi connectivity index (χ4v) is 2.82. The summed E-state index contributed by atoms with van der Waals surface area (Å²) in [6.45, 7) is 0. The zero-order valence-electron chi connectivity index (χ0n) is 12.8. The molecule has 0 atom stereocenters. The summed E-state index contributed by atoms with van der Waals surface area (Å²) < 4.78 is 0. The Morgan fingerprint density at radius 2 is 1.45 bits per heavy atom. The van der Waals surface area contributed by atoms with Crippen molar-refractivity contribution in [2.24, 2.45) is 4.99 Å². The maximum Gasteiger partial charge on any atom is 0.115 e. The summed E-state index contributed by atoms with van der Waals surface area (Å²) in [5, 5.41) is 0. The fraction of sp³-hybridized carbons (Fsp3) is 0.286. The van der Waals surface area contributed by atoms with Crippen molar-refractivity contribution >= 4 is 5.71 Å². The van der Waals surface area contributed by atoms with Crippen LogP contribution in [0.5, 0.6) is 0 Å².